The highest BCUT2D eigenvalue weighted by molar-refractivity contribution is 6.07. The molecule has 1 saturated carbocycles. The fourth-order valence-electron chi connectivity index (χ4n) is 3.20. The van der Waals surface area contributed by atoms with Crippen LogP contribution >= 0.6 is 0 Å². The van der Waals surface area contributed by atoms with E-state index in [0.717, 1.165) is 53.6 Å². The largest absolute Gasteiger partial charge is 0.489 e. The minimum Gasteiger partial charge on any atom is -0.489 e. The normalized spacial score (nSPS) is 13.8. The molecule has 0 saturated heterocycles. The predicted molar refractivity (Wildman–Crippen MR) is 102 cm³/mol. The van der Waals surface area contributed by atoms with Crippen LogP contribution in [0, 0.1) is 0 Å². The number of rotatable bonds is 5. The van der Waals surface area contributed by atoms with E-state index in [1.54, 1.807) is 6.20 Å². The first-order chi connectivity index (χ1) is 12.8. The Hall–Kier alpha value is -3.08. The van der Waals surface area contributed by atoms with Crippen LogP contribution in [0.1, 0.15) is 41.6 Å². The van der Waals surface area contributed by atoms with Crippen LogP contribution in [0.4, 0.5) is 0 Å². The highest BCUT2D eigenvalue weighted by Crippen LogP contribution is 2.24. The van der Waals surface area contributed by atoms with Gasteiger partial charge in [-0.2, -0.15) is 5.10 Å². The number of H-pyrrole nitrogens is 1. The van der Waals surface area contributed by atoms with Gasteiger partial charge in [-0.05, 0) is 49.4 Å². The second-order valence-electron chi connectivity index (χ2n) is 6.51. The summed E-state index contributed by atoms with van der Waals surface area (Å²) in [7, 11) is 0. The highest BCUT2D eigenvalue weighted by Gasteiger charge is 2.14. The van der Waals surface area contributed by atoms with Crippen molar-refractivity contribution in [2.75, 3.05) is 0 Å². The molecule has 0 aliphatic heterocycles. The van der Waals surface area contributed by atoms with Gasteiger partial charge in [0.25, 0.3) is 5.91 Å². The average molecular weight is 347 g/mol. The van der Waals surface area contributed by atoms with Crippen LogP contribution in [0.2, 0.25) is 0 Å². The lowest BCUT2D eigenvalue weighted by atomic mass is 10.1. The molecule has 0 unspecified atom stereocenters. The summed E-state index contributed by atoms with van der Waals surface area (Å²) in [4.78, 5) is 15.6. The lowest BCUT2D eigenvalue weighted by Gasteiger charge is -2.07. The fourth-order valence-corrected chi connectivity index (χ4v) is 3.20. The Kier molecular flexibility index (Phi) is 4.69. The van der Waals surface area contributed by atoms with Crippen LogP contribution in [-0.4, -0.2) is 16.6 Å². The molecule has 1 amide bonds. The molecule has 26 heavy (non-hydrogen) atoms. The molecule has 0 atom stereocenters. The molecule has 5 heteroatoms. The van der Waals surface area contributed by atoms with Crippen molar-refractivity contribution < 1.29 is 9.53 Å². The summed E-state index contributed by atoms with van der Waals surface area (Å²) in [5.41, 5.74) is 6.34. The topological polar surface area (TPSA) is 66.5 Å². The fraction of sp³-hybridized carbons (Fsp3) is 0.238. The Bertz CT molecular complexity index is 936. The number of amides is 1. The Morgan fingerprint density at radius 2 is 1.92 bits per heavy atom. The summed E-state index contributed by atoms with van der Waals surface area (Å²) in [6.07, 6.45) is 5.99. The molecule has 1 aliphatic rings. The number of nitrogens with one attached hydrogen (secondary N) is 2. The van der Waals surface area contributed by atoms with Gasteiger partial charge < -0.3 is 9.72 Å². The standard InChI is InChI=1S/C21H21N3O2/c25-21(24-23-16-8-4-5-9-16)19-13-22-20-11-10-17(12-18(19)20)26-14-15-6-2-1-3-7-15/h1-3,6-7,10-13,22H,4-5,8-9,14H2,(H,24,25). The van der Waals surface area contributed by atoms with E-state index < -0.39 is 0 Å². The molecule has 0 bridgehead atoms. The first-order valence-electron chi connectivity index (χ1n) is 8.93. The third kappa shape index (κ3) is 3.61. The number of aromatic amines is 1. The second kappa shape index (κ2) is 7.44. The maximum Gasteiger partial charge on any atom is 0.273 e. The first-order valence-corrected chi connectivity index (χ1v) is 8.93. The van der Waals surface area contributed by atoms with E-state index in [1.165, 1.54) is 0 Å². The maximum atomic E-state index is 12.5. The molecule has 1 aromatic heterocycles. The van der Waals surface area contributed by atoms with Gasteiger partial charge in [-0.25, -0.2) is 5.43 Å². The van der Waals surface area contributed by atoms with Gasteiger partial charge in [0.1, 0.15) is 12.4 Å². The SMILES string of the molecule is O=C(NN=C1CCCC1)c1c[nH]c2ccc(OCc3ccccc3)cc12. The number of benzene rings is 2. The predicted octanol–water partition coefficient (Wildman–Crippen LogP) is 4.41. The molecule has 0 spiro atoms. The Labute approximate surface area is 152 Å². The zero-order valence-corrected chi connectivity index (χ0v) is 14.5. The van der Waals surface area contributed by atoms with E-state index in [0.29, 0.717) is 12.2 Å². The number of hydrogen-bond donors (Lipinski definition) is 2. The first kappa shape index (κ1) is 16.4. The van der Waals surface area contributed by atoms with Crippen molar-refractivity contribution >= 4 is 22.5 Å². The zero-order chi connectivity index (χ0) is 17.8. The molecule has 1 aliphatic carbocycles. The van der Waals surface area contributed by atoms with Crippen molar-refractivity contribution in [1.29, 1.82) is 0 Å². The van der Waals surface area contributed by atoms with Crippen molar-refractivity contribution in [1.82, 2.24) is 10.4 Å². The zero-order valence-electron chi connectivity index (χ0n) is 14.5. The molecule has 4 rings (SSSR count). The number of carbonyl (C=O) groups excluding carboxylic acids is 1. The Morgan fingerprint density at radius 1 is 1.12 bits per heavy atom. The third-order valence-electron chi connectivity index (χ3n) is 4.64. The smallest absolute Gasteiger partial charge is 0.273 e. The molecule has 0 radical (unpaired) electrons. The number of ether oxygens (including phenoxy) is 1. The third-order valence-corrected chi connectivity index (χ3v) is 4.64. The van der Waals surface area contributed by atoms with Gasteiger partial charge in [-0.3, -0.25) is 4.79 Å². The number of carbonyl (C=O) groups is 1. The van der Waals surface area contributed by atoms with E-state index in [2.05, 4.69) is 15.5 Å². The van der Waals surface area contributed by atoms with E-state index in [4.69, 9.17) is 4.74 Å². The van der Waals surface area contributed by atoms with Crippen LogP contribution in [0.3, 0.4) is 0 Å². The van der Waals surface area contributed by atoms with Gasteiger partial charge in [0.15, 0.2) is 0 Å². The number of fused-ring (bicyclic) bond motifs is 1. The van der Waals surface area contributed by atoms with Crippen molar-refractivity contribution in [3.8, 4) is 5.75 Å². The minimum absolute atomic E-state index is 0.198. The lowest BCUT2D eigenvalue weighted by molar-refractivity contribution is 0.0956. The monoisotopic (exact) mass is 347 g/mol. The quantitative estimate of drug-likeness (QED) is 0.672. The van der Waals surface area contributed by atoms with E-state index >= 15 is 0 Å². The number of aromatic nitrogens is 1. The summed E-state index contributed by atoms with van der Waals surface area (Å²) in [5, 5.41) is 5.09. The van der Waals surface area contributed by atoms with E-state index in [9.17, 15) is 4.79 Å². The molecule has 1 fully saturated rings. The summed E-state index contributed by atoms with van der Waals surface area (Å²) < 4.78 is 5.87. The summed E-state index contributed by atoms with van der Waals surface area (Å²) >= 11 is 0. The van der Waals surface area contributed by atoms with Gasteiger partial charge >= 0.3 is 0 Å². The van der Waals surface area contributed by atoms with Crippen LogP contribution in [-0.2, 0) is 6.61 Å². The molecular formula is C21H21N3O2. The van der Waals surface area contributed by atoms with Crippen molar-refractivity contribution in [2.45, 2.75) is 32.3 Å². The Balaban J connectivity index is 1.50. The van der Waals surface area contributed by atoms with Crippen molar-refractivity contribution in [3.63, 3.8) is 0 Å². The molecule has 132 valence electrons. The van der Waals surface area contributed by atoms with Crippen LogP contribution in [0.5, 0.6) is 5.75 Å². The number of nitrogens with zero attached hydrogens (tertiary/aromatic N) is 1. The van der Waals surface area contributed by atoms with Crippen LogP contribution in [0.15, 0.2) is 59.8 Å². The van der Waals surface area contributed by atoms with Gasteiger partial charge in [-0.1, -0.05) is 30.3 Å². The minimum atomic E-state index is -0.198. The van der Waals surface area contributed by atoms with Crippen molar-refractivity contribution in [3.05, 3.63) is 65.9 Å². The van der Waals surface area contributed by atoms with E-state index in [-0.39, 0.29) is 5.91 Å². The van der Waals surface area contributed by atoms with Gasteiger partial charge in [0, 0.05) is 22.8 Å². The van der Waals surface area contributed by atoms with Gasteiger partial charge in [0.2, 0.25) is 0 Å². The Morgan fingerprint density at radius 3 is 2.73 bits per heavy atom. The average Bonchev–Trinajstić information content (AvgIpc) is 3.34. The van der Waals surface area contributed by atoms with Crippen molar-refractivity contribution in [2.24, 2.45) is 5.10 Å². The second-order valence-corrected chi connectivity index (χ2v) is 6.51. The summed E-state index contributed by atoms with van der Waals surface area (Å²) in [6, 6.07) is 15.7. The lowest BCUT2D eigenvalue weighted by Crippen LogP contribution is -2.18. The molecule has 5 nitrogen and oxygen atoms in total. The van der Waals surface area contributed by atoms with Crippen LogP contribution < -0.4 is 10.2 Å². The highest BCUT2D eigenvalue weighted by atomic mass is 16.5. The van der Waals surface area contributed by atoms with Gasteiger partial charge in [-0.15, -0.1) is 0 Å². The number of hydrogen-bond acceptors (Lipinski definition) is 3. The van der Waals surface area contributed by atoms with E-state index in [1.807, 2.05) is 48.5 Å². The molecular weight excluding hydrogens is 326 g/mol. The number of hydrazone groups is 1. The van der Waals surface area contributed by atoms with Crippen LogP contribution in [0.25, 0.3) is 10.9 Å². The summed E-state index contributed by atoms with van der Waals surface area (Å²) in [5.74, 6) is 0.535. The summed E-state index contributed by atoms with van der Waals surface area (Å²) in [6.45, 7) is 0.492. The maximum absolute atomic E-state index is 12.5. The molecule has 2 N–H and O–H groups in total. The molecule has 1 heterocycles. The molecule has 2 aromatic carbocycles. The molecule has 3 aromatic rings. The van der Waals surface area contributed by atoms with Gasteiger partial charge in [0.05, 0.1) is 5.56 Å².